The predicted octanol–water partition coefficient (Wildman–Crippen LogP) is 0.727. The summed E-state index contributed by atoms with van der Waals surface area (Å²) < 4.78 is 10.2. The summed E-state index contributed by atoms with van der Waals surface area (Å²) in [5.41, 5.74) is -0.529. The van der Waals surface area contributed by atoms with Crippen molar-refractivity contribution in [2.75, 3.05) is 19.7 Å². The fourth-order valence-electron chi connectivity index (χ4n) is 1.80. The average molecular weight is 243 g/mol. The van der Waals surface area contributed by atoms with E-state index in [-0.39, 0.29) is 11.9 Å². The minimum atomic E-state index is -0.529. The summed E-state index contributed by atoms with van der Waals surface area (Å²) in [5.74, 6) is -1.52. The number of hydrogen-bond acceptors (Lipinski definition) is 5. The molecule has 1 fully saturated rings. The Labute approximate surface area is 102 Å². The van der Waals surface area contributed by atoms with Crippen LogP contribution in [0.15, 0.2) is 0 Å². The summed E-state index contributed by atoms with van der Waals surface area (Å²) in [6.07, 6.45) is 0. The molecule has 0 aromatic carbocycles. The fourth-order valence-corrected chi connectivity index (χ4v) is 1.80. The molecule has 0 radical (unpaired) electrons. The molecule has 1 rings (SSSR count). The van der Waals surface area contributed by atoms with Gasteiger partial charge in [-0.3, -0.25) is 9.59 Å². The zero-order valence-corrected chi connectivity index (χ0v) is 10.9. The Bertz CT molecular complexity index is 295. The van der Waals surface area contributed by atoms with E-state index >= 15 is 0 Å². The van der Waals surface area contributed by atoms with Crippen LogP contribution in [-0.2, 0) is 19.1 Å². The Hall–Kier alpha value is -1.10. The van der Waals surface area contributed by atoms with Crippen LogP contribution in [-0.4, -0.2) is 37.2 Å². The minimum Gasteiger partial charge on any atom is -0.466 e. The van der Waals surface area contributed by atoms with Crippen LogP contribution in [0.2, 0.25) is 0 Å². The van der Waals surface area contributed by atoms with Crippen molar-refractivity contribution in [2.45, 2.75) is 33.3 Å². The van der Waals surface area contributed by atoms with Gasteiger partial charge >= 0.3 is 11.9 Å². The second kappa shape index (κ2) is 5.49. The second-order valence-corrected chi connectivity index (χ2v) is 5.16. The highest BCUT2D eigenvalue weighted by Crippen LogP contribution is 2.22. The second-order valence-electron chi connectivity index (χ2n) is 5.16. The Morgan fingerprint density at radius 1 is 1.18 bits per heavy atom. The Morgan fingerprint density at radius 3 is 2.18 bits per heavy atom. The maximum atomic E-state index is 11.9. The number of carbonyl (C=O) groups is 2. The molecule has 2 atom stereocenters. The average Bonchev–Trinajstić information content (AvgIpc) is 2.63. The molecule has 0 unspecified atom stereocenters. The van der Waals surface area contributed by atoms with E-state index in [1.807, 2.05) is 20.8 Å². The van der Waals surface area contributed by atoms with Gasteiger partial charge in [-0.1, -0.05) is 0 Å². The predicted molar refractivity (Wildman–Crippen MR) is 62.3 cm³/mol. The Morgan fingerprint density at radius 2 is 1.71 bits per heavy atom. The molecule has 0 aromatic rings. The maximum Gasteiger partial charge on any atom is 0.311 e. The van der Waals surface area contributed by atoms with Crippen molar-refractivity contribution >= 4 is 11.9 Å². The lowest BCUT2D eigenvalue weighted by molar-refractivity contribution is -0.165. The van der Waals surface area contributed by atoms with E-state index in [0.29, 0.717) is 19.7 Å². The summed E-state index contributed by atoms with van der Waals surface area (Å²) in [5, 5.41) is 3.03. The van der Waals surface area contributed by atoms with Gasteiger partial charge in [-0.05, 0) is 27.7 Å². The van der Waals surface area contributed by atoms with E-state index in [9.17, 15) is 9.59 Å². The maximum absolute atomic E-state index is 11.9. The fraction of sp³-hybridized carbons (Fsp3) is 0.833. The van der Waals surface area contributed by atoms with Crippen molar-refractivity contribution in [2.24, 2.45) is 11.8 Å². The smallest absolute Gasteiger partial charge is 0.311 e. The van der Waals surface area contributed by atoms with Gasteiger partial charge in [0.05, 0.1) is 18.4 Å². The quantitative estimate of drug-likeness (QED) is 0.740. The van der Waals surface area contributed by atoms with E-state index in [4.69, 9.17) is 9.47 Å². The van der Waals surface area contributed by atoms with Crippen LogP contribution in [0.4, 0.5) is 0 Å². The monoisotopic (exact) mass is 243 g/mol. The van der Waals surface area contributed by atoms with Gasteiger partial charge in [-0.15, -0.1) is 0 Å². The number of nitrogens with one attached hydrogen (secondary N) is 1. The molecule has 17 heavy (non-hydrogen) atoms. The van der Waals surface area contributed by atoms with Gasteiger partial charge in [0.25, 0.3) is 0 Å². The minimum absolute atomic E-state index is 0.326. The van der Waals surface area contributed by atoms with Crippen molar-refractivity contribution in [1.29, 1.82) is 0 Å². The first-order valence-corrected chi connectivity index (χ1v) is 5.95. The van der Waals surface area contributed by atoms with Crippen molar-refractivity contribution in [3.8, 4) is 0 Å². The van der Waals surface area contributed by atoms with Gasteiger partial charge in [0.15, 0.2) is 0 Å². The van der Waals surface area contributed by atoms with Crippen molar-refractivity contribution in [3.05, 3.63) is 0 Å². The largest absolute Gasteiger partial charge is 0.466 e. The van der Waals surface area contributed by atoms with E-state index in [0.717, 1.165) is 0 Å². The molecule has 1 saturated heterocycles. The van der Waals surface area contributed by atoms with Crippen molar-refractivity contribution in [3.63, 3.8) is 0 Å². The van der Waals surface area contributed by atoms with E-state index < -0.39 is 17.4 Å². The first-order chi connectivity index (χ1) is 7.85. The summed E-state index contributed by atoms with van der Waals surface area (Å²) in [6, 6.07) is 0. The SMILES string of the molecule is CCOC(=O)[C@@H]1CNC[C@H]1C(=O)OC(C)(C)C. The van der Waals surface area contributed by atoms with Gasteiger partial charge in [0, 0.05) is 13.1 Å². The molecular weight excluding hydrogens is 222 g/mol. The molecule has 1 heterocycles. The molecule has 0 bridgehead atoms. The molecule has 98 valence electrons. The topological polar surface area (TPSA) is 64.6 Å². The lowest BCUT2D eigenvalue weighted by Gasteiger charge is -2.23. The third kappa shape index (κ3) is 4.00. The number of carbonyl (C=O) groups excluding carboxylic acids is 2. The van der Waals surface area contributed by atoms with Crippen LogP contribution in [0.25, 0.3) is 0 Å². The third-order valence-electron chi connectivity index (χ3n) is 2.51. The summed E-state index contributed by atoms with van der Waals surface area (Å²) in [4.78, 5) is 23.6. The van der Waals surface area contributed by atoms with E-state index in [2.05, 4.69) is 5.32 Å². The molecule has 5 nitrogen and oxygen atoms in total. The number of hydrogen-bond donors (Lipinski definition) is 1. The van der Waals surface area contributed by atoms with Gasteiger partial charge < -0.3 is 14.8 Å². The van der Waals surface area contributed by atoms with Crippen LogP contribution < -0.4 is 5.32 Å². The van der Waals surface area contributed by atoms with Gasteiger partial charge in [-0.2, -0.15) is 0 Å². The van der Waals surface area contributed by atoms with Gasteiger partial charge in [0.1, 0.15) is 5.60 Å². The molecule has 1 aliphatic rings. The molecule has 0 amide bonds. The first kappa shape index (κ1) is 14.0. The standard InChI is InChI=1S/C12H21NO4/c1-5-16-10(14)8-6-13-7-9(8)11(15)17-12(2,3)4/h8-9,13H,5-7H2,1-4H3/t8-,9-/m1/s1. The Kier molecular flexibility index (Phi) is 4.51. The molecule has 5 heteroatoms. The molecule has 1 aliphatic heterocycles. The van der Waals surface area contributed by atoms with Crippen molar-refractivity contribution < 1.29 is 19.1 Å². The summed E-state index contributed by atoms with van der Waals surface area (Å²) in [6.45, 7) is 8.46. The highest BCUT2D eigenvalue weighted by molar-refractivity contribution is 5.83. The van der Waals surface area contributed by atoms with Crippen LogP contribution in [0.3, 0.4) is 0 Å². The molecular formula is C12H21NO4. The molecule has 0 saturated carbocycles. The molecule has 0 aliphatic carbocycles. The Balaban J connectivity index is 2.63. The summed E-state index contributed by atoms with van der Waals surface area (Å²) >= 11 is 0. The lowest BCUT2D eigenvalue weighted by Crippen LogP contribution is -2.35. The lowest BCUT2D eigenvalue weighted by atomic mass is 9.96. The number of ether oxygens (including phenoxy) is 2. The molecule has 1 N–H and O–H groups in total. The van der Waals surface area contributed by atoms with E-state index in [1.165, 1.54) is 0 Å². The van der Waals surface area contributed by atoms with Crippen LogP contribution in [0.5, 0.6) is 0 Å². The third-order valence-corrected chi connectivity index (χ3v) is 2.51. The molecule has 0 spiro atoms. The van der Waals surface area contributed by atoms with Crippen molar-refractivity contribution in [1.82, 2.24) is 5.32 Å². The number of esters is 2. The normalized spacial score (nSPS) is 24.5. The van der Waals surface area contributed by atoms with Gasteiger partial charge in [0.2, 0.25) is 0 Å². The summed E-state index contributed by atoms with van der Waals surface area (Å²) in [7, 11) is 0. The highest BCUT2D eigenvalue weighted by atomic mass is 16.6. The van der Waals surface area contributed by atoms with Gasteiger partial charge in [-0.25, -0.2) is 0 Å². The van der Waals surface area contributed by atoms with E-state index in [1.54, 1.807) is 6.92 Å². The first-order valence-electron chi connectivity index (χ1n) is 5.95. The number of rotatable bonds is 3. The zero-order chi connectivity index (χ0) is 13.1. The zero-order valence-electron chi connectivity index (χ0n) is 10.9. The highest BCUT2D eigenvalue weighted by Gasteiger charge is 2.40. The molecule has 0 aromatic heterocycles. The van der Waals surface area contributed by atoms with Crippen LogP contribution in [0, 0.1) is 11.8 Å². The van der Waals surface area contributed by atoms with Crippen LogP contribution >= 0.6 is 0 Å². The van der Waals surface area contributed by atoms with Crippen LogP contribution in [0.1, 0.15) is 27.7 Å².